The Kier molecular flexibility index (Phi) is 4.93. The molecule has 1 fully saturated rings. The summed E-state index contributed by atoms with van der Waals surface area (Å²) >= 11 is 6.14. The lowest BCUT2D eigenvalue weighted by Crippen LogP contribution is -2.40. The molecule has 1 aromatic rings. The SMILES string of the molecule is CC(C)(C)OC(=O)NC1CCN(c2ncnc(C(N)=O)c2Cl)C1. The molecule has 0 saturated carbocycles. The van der Waals surface area contributed by atoms with Crippen molar-refractivity contribution in [1.82, 2.24) is 15.3 Å². The number of hydrogen-bond acceptors (Lipinski definition) is 6. The monoisotopic (exact) mass is 341 g/mol. The van der Waals surface area contributed by atoms with Gasteiger partial charge in [-0.3, -0.25) is 4.79 Å². The molecular weight excluding hydrogens is 322 g/mol. The number of primary amides is 1. The summed E-state index contributed by atoms with van der Waals surface area (Å²) in [7, 11) is 0. The van der Waals surface area contributed by atoms with Crippen molar-refractivity contribution in [2.45, 2.75) is 38.8 Å². The predicted octanol–water partition coefficient (Wildman–Crippen LogP) is 1.33. The summed E-state index contributed by atoms with van der Waals surface area (Å²) in [6, 6.07) is -0.0899. The van der Waals surface area contributed by atoms with Crippen molar-refractivity contribution in [2.24, 2.45) is 5.73 Å². The first-order valence-corrected chi connectivity index (χ1v) is 7.60. The van der Waals surface area contributed by atoms with E-state index in [0.29, 0.717) is 25.3 Å². The van der Waals surface area contributed by atoms with Gasteiger partial charge < -0.3 is 20.7 Å². The Morgan fingerprint density at radius 3 is 2.74 bits per heavy atom. The molecule has 0 spiro atoms. The molecule has 3 N–H and O–H groups in total. The maximum absolute atomic E-state index is 11.8. The largest absolute Gasteiger partial charge is 0.444 e. The Labute approximate surface area is 139 Å². The first kappa shape index (κ1) is 17.3. The number of nitrogens with two attached hydrogens (primary N) is 1. The maximum Gasteiger partial charge on any atom is 0.407 e. The zero-order valence-corrected chi connectivity index (χ0v) is 14.1. The number of ether oxygens (including phenoxy) is 1. The molecule has 0 aromatic carbocycles. The topological polar surface area (TPSA) is 110 Å². The molecule has 0 aliphatic carbocycles. The minimum absolute atomic E-state index is 0.0137. The zero-order valence-electron chi connectivity index (χ0n) is 13.3. The van der Waals surface area contributed by atoms with E-state index in [1.807, 2.05) is 4.90 Å². The number of alkyl carbamates (subject to hydrolysis) is 1. The van der Waals surface area contributed by atoms with Crippen LogP contribution >= 0.6 is 11.6 Å². The molecule has 0 bridgehead atoms. The van der Waals surface area contributed by atoms with E-state index < -0.39 is 17.6 Å². The van der Waals surface area contributed by atoms with Gasteiger partial charge in [0.15, 0.2) is 11.5 Å². The highest BCUT2D eigenvalue weighted by Gasteiger charge is 2.29. The standard InChI is InChI=1S/C14H20ClN5O3/c1-14(2,3)23-13(22)19-8-4-5-20(6-8)12-9(15)10(11(16)21)17-7-18-12/h7-8H,4-6H2,1-3H3,(H2,16,21)(H,19,22). The van der Waals surface area contributed by atoms with E-state index in [4.69, 9.17) is 22.1 Å². The van der Waals surface area contributed by atoms with Crippen LogP contribution in [0.5, 0.6) is 0 Å². The number of amides is 2. The van der Waals surface area contributed by atoms with Gasteiger partial charge in [0, 0.05) is 13.1 Å². The van der Waals surface area contributed by atoms with Gasteiger partial charge in [-0.15, -0.1) is 0 Å². The third kappa shape index (κ3) is 4.44. The fourth-order valence-corrected chi connectivity index (χ4v) is 2.61. The number of carbonyl (C=O) groups is 2. The molecule has 2 heterocycles. The maximum atomic E-state index is 11.8. The Hall–Kier alpha value is -2.09. The lowest BCUT2D eigenvalue weighted by molar-refractivity contribution is 0.0509. The first-order chi connectivity index (χ1) is 10.7. The normalized spacial score (nSPS) is 17.9. The molecule has 1 aromatic heterocycles. The van der Waals surface area contributed by atoms with Crippen LogP contribution in [0.2, 0.25) is 5.02 Å². The number of anilines is 1. The van der Waals surface area contributed by atoms with Crippen molar-refractivity contribution in [2.75, 3.05) is 18.0 Å². The van der Waals surface area contributed by atoms with Crippen LogP contribution in [0.25, 0.3) is 0 Å². The molecular formula is C14H20ClN5O3. The summed E-state index contributed by atoms with van der Waals surface area (Å²) in [6.45, 7) is 6.56. The third-order valence-corrected chi connectivity index (χ3v) is 3.56. The van der Waals surface area contributed by atoms with Gasteiger partial charge in [-0.25, -0.2) is 14.8 Å². The number of nitrogens with zero attached hydrogens (tertiary/aromatic N) is 3. The number of hydrogen-bond donors (Lipinski definition) is 2. The van der Waals surface area contributed by atoms with Crippen LogP contribution in [0.1, 0.15) is 37.7 Å². The summed E-state index contributed by atoms with van der Waals surface area (Å²) in [5.41, 5.74) is 4.67. The lowest BCUT2D eigenvalue weighted by Gasteiger charge is -2.22. The summed E-state index contributed by atoms with van der Waals surface area (Å²) in [5, 5.41) is 2.93. The van der Waals surface area contributed by atoms with Crippen molar-refractivity contribution in [1.29, 1.82) is 0 Å². The van der Waals surface area contributed by atoms with Gasteiger partial charge in [0.2, 0.25) is 0 Å². The molecule has 2 rings (SSSR count). The zero-order chi connectivity index (χ0) is 17.2. The first-order valence-electron chi connectivity index (χ1n) is 7.22. The molecule has 8 nitrogen and oxygen atoms in total. The van der Waals surface area contributed by atoms with Gasteiger partial charge >= 0.3 is 6.09 Å². The number of carbonyl (C=O) groups excluding carboxylic acids is 2. The Balaban J connectivity index is 2.02. The summed E-state index contributed by atoms with van der Waals surface area (Å²) in [6.07, 6.45) is 1.50. The molecule has 1 atom stereocenters. The van der Waals surface area contributed by atoms with Crippen LogP contribution in [-0.2, 0) is 4.74 Å². The average molecular weight is 342 g/mol. The number of rotatable bonds is 3. The number of aromatic nitrogens is 2. The van der Waals surface area contributed by atoms with Crippen LogP contribution in [-0.4, -0.2) is 46.7 Å². The van der Waals surface area contributed by atoms with Crippen molar-refractivity contribution >= 4 is 29.4 Å². The van der Waals surface area contributed by atoms with Gasteiger partial charge in [-0.2, -0.15) is 0 Å². The third-order valence-electron chi connectivity index (χ3n) is 3.21. The van der Waals surface area contributed by atoms with E-state index in [1.54, 1.807) is 20.8 Å². The van der Waals surface area contributed by atoms with E-state index in [1.165, 1.54) is 6.33 Å². The second-order valence-corrected chi connectivity index (χ2v) is 6.68. The highest BCUT2D eigenvalue weighted by molar-refractivity contribution is 6.35. The van der Waals surface area contributed by atoms with Gasteiger partial charge in [-0.1, -0.05) is 11.6 Å². The number of halogens is 1. The van der Waals surface area contributed by atoms with Crippen molar-refractivity contribution < 1.29 is 14.3 Å². The average Bonchev–Trinajstić information content (AvgIpc) is 2.84. The van der Waals surface area contributed by atoms with Gasteiger partial charge in [-0.05, 0) is 27.2 Å². The van der Waals surface area contributed by atoms with E-state index in [2.05, 4.69) is 15.3 Å². The summed E-state index contributed by atoms with van der Waals surface area (Å²) < 4.78 is 5.23. The van der Waals surface area contributed by atoms with E-state index in [0.717, 1.165) is 0 Å². The minimum Gasteiger partial charge on any atom is -0.444 e. The van der Waals surface area contributed by atoms with Crippen LogP contribution in [0.3, 0.4) is 0 Å². The highest BCUT2D eigenvalue weighted by Crippen LogP contribution is 2.28. The van der Waals surface area contributed by atoms with Gasteiger partial charge in [0.25, 0.3) is 5.91 Å². The van der Waals surface area contributed by atoms with Crippen LogP contribution in [0.15, 0.2) is 6.33 Å². The number of nitrogens with one attached hydrogen (secondary N) is 1. The fraction of sp³-hybridized carbons (Fsp3) is 0.571. The summed E-state index contributed by atoms with van der Waals surface area (Å²) in [5.74, 6) is -0.273. The molecule has 2 amide bonds. The quantitative estimate of drug-likeness (QED) is 0.858. The van der Waals surface area contributed by atoms with Crippen LogP contribution in [0.4, 0.5) is 10.6 Å². The van der Waals surface area contributed by atoms with E-state index in [-0.39, 0.29) is 16.8 Å². The Bertz CT molecular complexity index is 617. The molecule has 126 valence electrons. The molecule has 1 aliphatic heterocycles. The molecule has 9 heteroatoms. The minimum atomic E-state index is -0.707. The second-order valence-electron chi connectivity index (χ2n) is 6.30. The smallest absolute Gasteiger partial charge is 0.407 e. The van der Waals surface area contributed by atoms with Gasteiger partial charge in [0.1, 0.15) is 17.0 Å². The molecule has 23 heavy (non-hydrogen) atoms. The van der Waals surface area contributed by atoms with Gasteiger partial charge in [0.05, 0.1) is 6.04 Å². The molecule has 1 unspecified atom stereocenters. The summed E-state index contributed by atoms with van der Waals surface area (Å²) in [4.78, 5) is 32.9. The Morgan fingerprint density at radius 2 is 2.13 bits per heavy atom. The lowest BCUT2D eigenvalue weighted by atomic mass is 10.2. The molecule has 1 saturated heterocycles. The predicted molar refractivity (Wildman–Crippen MR) is 85.5 cm³/mol. The van der Waals surface area contributed by atoms with Crippen molar-refractivity contribution in [3.63, 3.8) is 0 Å². The van der Waals surface area contributed by atoms with Crippen molar-refractivity contribution in [3.05, 3.63) is 17.0 Å². The van der Waals surface area contributed by atoms with Crippen LogP contribution in [0, 0.1) is 0 Å². The van der Waals surface area contributed by atoms with Crippen molar-refractivity contribution in [3.8, 4) is 0 Å². The fourth-order valence-electron chi connectivity index (χ4n) is 2.30. The molecule has 1 aliphatic rings. The van der Waals surface area contributed by atoms with Crippen LogP contribution < -0.4 is 16.0 Å². The van der Waals surface area contributed by atoms with E-state index in [9.17, 15) is 9.59 Å². The highest BCUT2D eigenvalue weighted by atomic mass is 35.5. The molecule has 0 radical (unpaired) electrons. The van der Waals surface area contributed by atoms with E-state index >= 15 is 0 Å². The second kappa shape index (κ2) is 6.57. The Morgan fingerprint density at radius 1 is 1.43 bits per heavy atom.